The van der Waals surface area contributed by atoms with Crippen molar-refractivity contribution in [3.05, 3.63) is 89.2 Å². The van der Waals surface area contributed by atoms with E-state index in [1.807, 2.05) is 0 Å². The molecule has 4 N–H and O–H groups in total. The Morgan fingerprint density at radius 3 is 1.91 bits per heavy atom. The number of aromatic carboxylic acids is 2. The van der Waals surface area contributed by atoms with Gasteiger partial charge in [0.1, 0.15) is 10.7 Å². The minimum absolute atomic E-state index is 0.0713. The maximum Gasteiger partial charge on any atom is 0.335 e. The van der Waals surface area contributed by atoms with E-state index in [1.54, 1.807) is 0 Å². The van der Waals surface area contributed by atoms with Crippen molar-refractivity contribution in [1.82, 2.24) is 0 Å². The molecule has 3 rings (SSSR count). The number of nitrogens with one attached hydrogen (secondary N) is 2. The van der Waals surface area contributed by atoms with Gasteiger partial charge < -0.3 is 15.5 Å². The third-order valence-corrected chi connectivity index (χ3v) is 5.61. The van der Waals surface area contributed by atoms with Crippen LogP contribution in [0.25, 0.3) is 0 Å². The number of hydrogen-bond donors (Lipinski definition) is 4. The van der Waals surface area contributed by atoms with Gasteiger partial charge in [-0.2, -0.15) is 0 Å². The van der Waals surface area contributed by atoms with E-state index in [0.717, 1.165) is 24.3 Å². The summed E-state index contributed by atoms with van der Waals surface area (Å²) in [7, 11) is -4.51. The van der Waals surface area contributed by atoms with Crippen LogP contribution in [0.15, 0.2) is 71.6 Å². The number of benzene rings is 3. The average molecular weight is 458 g/mol. The first kappa shape index (κ1) is 22.4. The molecule has 0 aliphatic heterocycles. The van der Waals surface area contributed by atoms with E-state index >= 15 is 0 Å². The van der Waals surface area contributed by atoms with Crippen LogP contribution in [0, 0.1) is 5.82 Å². The van der Waals surface area contributed by atoms with Crippen molar-refractivity contribution in [2.75, 3.05) is 10.0 Å². The normalized spacial score (nSPS) is 10.9. The maximum atomic E-state index is 14.3. The lowest BCUT2D eigenvalue weighted by molar-refractivity contribution is 0.0686. The Morgan fingerprint density at radius 1 is 0.750 bits per heavy atom. The van der Waals surface area contributed by atoms with Crippen LogP contribution < -0.4 is 10.0 Å². The van der Waals surface area contributed by atoms with Crippen LogP contribution in [0.5, 0.6) is 0 Å². The standard InChI is InChI=1S/C21H15FN2O7S/c22-17-8-7-12(19(25)23-15-5-1-3-13(9-15)20(26)27)11-18(17)32(30,31)24-16-6-2-4-14(10-16)21(28)29/h1-11,24H,(H,23,25)(H,26,27)(H,28,29). The quantitative estimate of drug-likeness (QED) is 0.424. The van der Waals surface area contributed by atoms with Crippen molar-refractivity contribution in [3.8, 4) is 0 Å². The van der Waals surface area contributed by atoms with Gasteiger partial charge in [-0.05, 0) is 54.6 Å². The van der Waals surface area contributed by atoms with E-state index in [1.165, 1.54) is 42.5 Å². The molecule has 0 bridgehead atoms. The fourth-order valence-electron chi connectivity index (χ4n) is 2.71. The molecule has 0 saturated carbocycles. The van der Waals surface area contributed by atoms with Gasteiger partial charge in [-0.15, -0.1) is 0 Å². The van der Waals surface area contributed by atoms with Gasteiger partial charge in [0.05, 0.1) is 11.1 Å². The first-order valence-corrected chi connectivity index (χ1v) is 10.4. The molecule has 0 heterocycles. The SMILES string of the molecule is O=C(O)c1cccc(NC(=O)c2ccc(F)c(S(=O)(=O)Nc3cccc(C(=O)O)c3)c2)c1. The third-order valence-electron chi connectivity index (χ3n) is 4.21. The number of carboxylic acid groups (broad SMARTS) is 2. The van der Waals surface area contributed by atoms with Crippen LogP contribution in [0.3, 0.4) is 0 Å². The molecule has 0 spiro atoms. The number of hydrogen-bond acceptors (Lipinski definition) is 5. The summed E-state index contributed by atoms with van der Waals surface area (Å²) >= 11 is 0. The molecule has 0 fully saturated rings. The highest BCUT2D eigenvalue weighted by atomic mass is 32.2. The van der Waals surface area contributed by atoms with Gasteiger partial charge in [0.15, 0.2) is 0 Å². The molecule has 0 unspecified atom stereocenters. The molecule has 11 heteroatoms. The van der Waals surface area contributed by atoms with Crippen LogP contribution in [0.1, 0.15) is 31.1 Å². The van der Waals surface area contributed by atoms with Crippen LogP contribution in [-0.4, -0.2) is 36.5 Å². The molecule has 0 atom stereocenters. The van der Waals surface area contributed by atoms with Crippen molar-refractivity contribution >= 4 is 39.2 Å². The van der Waals surface area contributed by atoms with Crippen LogP contribution in [-0.2, 0) is 10.0 Å². The Labute approximate surface area is 181 Å². The van der Waals surface area contributed by atoms with Crippen molar-refractivity contribution in [2.24, 2.45) is 0 Å². The van der Waals surface area contributed by atoms with E-state index in [0.29, 0.717) is 0 Å². The fourth-order valence-corrected chi connectivity index (χ4v) is 3.86. The Balaban J connectivity index is 1.88. The molecule has 0 aliphatic carbocycles. The second-order valence-electron chi connectivity index (χ2n) is 6.48. The molecule has 164 valence electrons. The van der Waals surface area contributed by atoms with E-state index in [2.05, 4.69) is 10.0 Å². The summed E-state index contributed by atoms with van der Waals surface area (Å²) < 4.78 is 41.7. The minimum Gasteiger partial charge on any atom is -0.478 e. The van der Waals surface area contributed by atoms with Gasteiger partial charge >= 0.3 is 11.9 Å². The van der Waals surface area contributed by atoms with E-state index in [9.17, 15) is 27.2 Å². The van der Waals surface area contributed by atoms with Gasteiger partial charge in [0, 0.05) is 16.9 Å². The molecule has 1 amide bonds. The fraction of sp³-hybridized carbons (Fsp3) is 0. The van der Waals surface area contributed by atoms with Gasteiger partial charge in [0.25, 0.3) is 15.9 Å². The van der Waals surface area contributed by atoms with E-state index < -0.39 is 38.6 Å². The van der Waals surface area contributed by atoms with Crippen molar-refractivity contribution in [3.63, 3.8) is 0 Å². The molecule has 0 saturated heterocycles. The minimum atomic E-state index is -4.51. The van der Waals surface area contributed by atoms with Crippen LogP contribution in [0.2, 0.25) is 0 Å². The topological polar surface area (TPSA) is 150 Å². The Hall–Kier alpha value is -4.25. The maximum absolute atomic E-state index is 14.3. The van der Waals surface area contributed by atoms with Crippen LogP contribution in [0.4, 0.5) is 15.8 Å². The zero-order valence-corrected chi connectivity index (χ0v) is 16.9. The second-order valence-corrected chi connectivity index (χ2v) is 8.13. The molecular weight excluding hydrogens is 443 g/mol. The van der Waals surface area contributed by atoms with Gasteiger partial charge in [0.2, 0.25) is 0 Å². The van der Waals surface area contributed by atoms with E-state index in [-0.39, 0.29) is 28.1 Å². The summed E-state index contributed by atoms with van der Waals surface area (Å²) in [6.07, 6.45) is 0. The summed E-state index contributed by atoms with van der Waals surface area (Å²) in [5.74, 6) is -4.40. The molecular formula is C21H15FN2O7S. The summed E-state index contributed by atoms with van der Waals surface area (Å²) in [4.78, 5) is 33.8. The zero-order chi connectivity index (χ0) is 23.5. The summed E-state index contributed by atoms with van der Waals surface area (Å²) in [6, 6.07) is 13.0. The summed E-state index contributed by atoms with van der Waals surface area (Å²) in [6.45, 7) is 0. The molecule has 0 aromatic heterocycles. The van der Waals surface area contributed by atoms with Gasteiger partial charge in [-0.3, -0.25) is 9.52 Å². The number of anilines is 2. The highest BCUT2D eigenvalue weighted by Gasteiger charge is 2.22. The summed E-state index contributed by atoms with van der Waals surface area (Å²) in [5.41, 5.74) is -0.413. The van der Waals surface area contributed by atoms with Gasteiger partial charge in [-0.1, -0.05) is 12.1 Å². The van der Waals surface area contributed by atoms with E-state index in [4.69, 9.17) is 10.2 Å². The number of carbonyl (C=O) groups excluding carboxylic acids is 1. The lowest BCUT2D eigenvalue weighted by Gasteiger charge is -2.11. The number of rotatable bonds is 7. The number of carboxylic acids is 2. The average Bonchev–Trinajstić information content (AvgIpc) is 2.73. The molecule has 0 aliphatic rings. The third kappa shape index (κ3) is 5.08. The molecule has 3 aromatic rings. The molecule has 32 heavy (non-hydrogen) atoms. The lowest BCUT2D eigenvalue weighted by atomic mass is 10.1. The number of amides is 1. The van der Waals surface area contributed by atoms with Crippen molar-refractivity contribution in [1.29, 1.82) is 0 Å². The van der Waals surface area contributed by atoms with Crippen molar-refractivity contribution < 1.29 is 37.4 Å². The predicted octanol–water partition coefficient (Wildman–Crippen LogP) is 3.28. The molecule has 0 radical (unpaired) electrons. The highest BCUT2D eigenvalue weighted by molar-refractivity contribution is 7.92. The smallest absolute Gasteiger partial charge is 0.335 e. The Kier molecular flexibility index (Phi) is 6.21. The first-order valence-electron chi connectivity index (χ1n) is 8.87. The molecule has 3 aromatic carbocycles. The van der Waals surface area contributed by atoms with Crippen molar-refractivity contribution in [2.45, 2.75) is 4.90 Å². The number of carbonyl (C=O) groups is 3. The highest BCUT2D eigenvalue weighted by Crippen LogP contribution is 2.22. The van der Waals surface area contributed by atoms with Gasteiger partial charge in [-0.25, -0.2) is 22.4 Å². The molecule has 9 nitrogen and oxygen atoms in total. The first-order chi connectivity index (χ1) is 15.1. The predicted molar refractivity (Wildman–Crippen MR) is 112 cm³/mol. The largest absolute Gasteiger partial charge is 0.478 e. The Morgan fingerprint density at radius 2 is 1.31 bits per heavy atom. The monoisotopic (exact) mass is 458 g/mol. The lowest BCUT2D eigenvalue weighted by Crippen LogP contribution is -2.17. The summed E-state index contributed by atoms with van der Waals surface area (Å²) in [5, 5.41) is 20.5. The number of sulfonamides is 1. The number of halogens is 1. The Bertz CT molecular complexity index is 1340. The zero-order valence-electron chi connectivity index (χ0n) is 16.1. The second kappa shape index (κ2) is 8.86. The van der Waals surface area contributed by atoms with Crippen LogP contribution >= 0.6 is 0 Å².